The van der Waals surface area contributed by atoms with Gasteiger partial charge in [-0.15, -0.1) is 0 Å². The molecular formula is C19H21N7O4S. The Labute approximate surface area is 178 Å². The highest BCUT2D eigenvalue weighted by Crippen LogP contribution is 2.60. The van der Waals surface area contributed by atoms with Crippen LogP contribution in [0.2, 0.25) is 0 Å². The fourth-order valence-corrected chi connectivity index (χ4v) is 6.07. The summed E-state index contributed by atoms with van der Waals surface area (Å²) in [5, 5.41) is 2.79. The third-order valence-corrected chi connectivity index (χ3v) is 7.60. The highest BCUT2D eigenvalue weighted by Gasteiger charge is 2.70. The van der Waals surface area contributed by atoms with E-state index in [4.69, 9.17) is 5.73 Å². The molecule has 0 aliphatic heterocycles. The van der Waals surface area contributed by atoms with Gasteiger partial charge >= 0.3 is 6.09 Å². The fourth-order valence-electron chi connectivity index (χ4n) is 4.65. The molecule has 0 saturated heterocycles. The molecule has 162 valence electrons. The normalized spacial score (nSPS) is 24.3. The number of aromatic nitrogens is 4. The van der Waals surface area contributed by atoms with Crippen molar-refractivity contribution < 1.29 is 17.9 Å². The summed E-state index contributed by atoms with van der Waals surface area (Å²) in [5.74, 6) is 0.621. The second kappa shape index (κ2) is 6.37. The van der Waals surface area contributed by atoms with Gasteiger partial charge in [-0.1, -0.05) is 6.07 Å². The van der Waals surface area contributed by atoms with Crippen LogP contribution in [0.25, 0.3) is 17.0 Å². The average molecular weight is 443 g/mol. The molecule has 2 heterocycles. The zero-order chi connectivity index (χ0) is 22.0. The van der Waals surface area contributed by atoms with Crippen molar-refractivity contribution in [2.24, 2.45) is 0 Å². The number of alkyl carbamates (subject to hydrolysis) is 1. The van der Waals surface area contributed by atoms with Gasteiger partial charge < -0.3 is 15.8 Å². The molecule has 3 aliphatic rings. The van der Waals surface area contributed by atoms with E-state index in [1.165, 1.54) is 13.4 Å². The summed E-state index contributed by atoms with van der Waals surface area (Å²) in [6.45, 7) is 1.88. The van der Waals surface area contributed by atoms with Gasteiger partial charge in [0.2, 0.25) is 21.7 Å². The number of fused-ring (bicyclic) bond motifs is 1. The van der Waals surface area contributed by atoms with Gasteiger partial charge in [-0.2, -0.15) is 0 Å². The molecule has 0 unspecified atom stereocenters. The lowest BCUT2D eigenvalue weighted by Crippen LogP contribution is -2.83. The van der Waals surface area contributed by atoms with Gasteiger partial charge in [0.1, 0.15) is 6.33 Å². The van der Waals surface area contributed by atoms with E-state index in [9.17, 15) is 13.2 Å². The summed E-state index contributed by atoms with van der Waals surface area (Å²) < 4.78 is 35.1. The number of carbonyl (C=O) groups is 1. The number of aryl methyl sites for hydroxylation is 1. The molecule has 1 amide bonds. The molecule has 0 spiro atoms. The molecule has 3 fully saturated rings. The number of nitrogens with two attached hydrogens (primary N) is 1. The minimum absolute atomic E-state index is 0.143. The van der Waals surface area contributed by atoms with Crippen LogP contribution in [0.3, 0.4) is 0 Å². The maximum absolute atomic E-state index is 13.1. The molecule has 0 atom stereocenters. The predicted molar refractivity (Wildman–Crippen MR) is 111 cm³/mol. The first-order chi connectivity index (χ1) is 14.6. The van der Waals surface area contributed by atoms with Gasteiger partial charge in [0, 0.05) is 22.8 Å². The highest BCUT2D eigenvalue weighted by molar-refractivity contribution is 7.89. The number of hydrogen-bond donors (Lipinski definition) is 3. The molecule has 2 aromatic heterocycles. The number of ether oxygens (including phenoxy) is 1. The summed E-state index contributed by atoms with van der Waals surface area (Å²) in [6, 6.07) is 4.90. The molecule has 3 aliphatic carbocycles. The standard InChI is InChI=1S/C19H21N7O4S/c1-11-3-4-12(5-13(11)14-6-26-15(20)21-10-22-16(26)23-14)31(28,29)25-19-7-18(8-19,9-19)24-17(27)30-2/h3-6,10,25H,7-9H2,1-2H3,(H,24,27)(H2,20,21,22,23). The van der Waals surface area contributed by atoms with Gasteiger partial charge in [-0.05, 0) is 43.9 Å². The number of sulfonamides is 1. The number of hydrogen-bond acceptors (Lipinski definition) is 8. The van der Waals surface area contributed by atoms with Crippen molar-refractivity contribution in [2.45, 2.75) is 42.2 Å². The Morgan fingerprint density at radius 1 is 1.23 bits per heavy atom. The van der Waals surface area contributed by atoms with Crippen LogP contribution in [0.4, 0.5) is 10.7 Å². The SMILES string of the molecule is COC(=O)NC12CC(NS(=O)(=O)c3ccc(C)c(-c4cn5c(N)ncnc5n4)c3)(C1)C2. The quantitative estimate of drug-likeness (QED) is 0.528. The van der Waals surface area contributed by atoms with E-state index in [0.29, 0.717) is 36.3 Å². The molecule has 6 rings (SSSR count). The van der Waals surface area contributed by atoms with Crippen molar-refractivity contribution in [3.63, 3.8) is 0 Å². The van der Waals surface area contributed by atoms with Gasteiger partial charge in [-0.25, -0.2) is 32.9 Å². The van der Waals surface area contributed by atoms with E-state index in [1.807, 2.05) is 6.92 Å². The van der Waals surface area contributed by atoms with Crippen LogP contribution in [0.1, 0.15) is 24.8 Å². The van der Waals surface area contributed by atoms with Crippen LogP contribution < -0.4 is 15.8 Å². The number of amides is 1. The predicted octanol–water partition coefficient (Wildman–Crippen LogP) is 0.991. The minimum atomic E-state index is -3.77. The third kappa shape index (κ3) is 3.10. The summed E-state index contributed by atoms with van der Waals surface area (Å²) in [4.78, 5) is 24.1. The van der Waals surface area contributed by atoms with Gasteiger partial charge in [0.15, 0.2) is 0 Å². The summed E-state index contributed by atoms with van der Waals surface area (Å²) in [6.07, 6.45) is 4.12. The Kier molecular flexibility index (Phi) is 4.05. The molecule has 3 saturated carbocycles. The van der Waals surface area contributed by atoms with E-state index >= 15 is 0 Å². The molecule has 3 aromatic rings. The second-order valence-corrected chi connectivity index (χ2v) is 10.0. The lowest BCUT2D eigenvalue weighted by molar-refractivity contribution is -0.0850. The topological polar surface area (TPSA) is 154 Å². The van der Waals surface area contributed by atoms with Crippen LogP contribution in [-0.4, -0.2) is 52.1 Å². The first-order valence-electron chi connectivity index (χ1n) is 9.61. The Morgan fingerprint density at radius 3 is 2.65 bits per heavy atom. The van der Waals surface area contributed by atoms with Crippen LogP contribution in [0.5, 0.6) is 0 Å². The van der Waals surface area contributed by atoms with Crippen LogP contribution in [-0.2, 0) is 14.8 Å². The highest BCUT2D eigenvalue weighted by atomic mass is 32.2. The van der Waals surface area contributed by atoms with Crippen molar-refractivity contribution in [3.8, 4) is 11.3 Å². The van der Waals surface area contributed by atoms with Crippen molar-refractivity contribution in [1.29, 1.82) is 0 Å². The minimum Gasteiger partial charge on any atom is -0.453 e. The first-order valence-corrected chi connectivity index (χ1v) is 11.1. The zero-order valence-corrected chi connectivity index (χ0v) is 17.7. The van der Waals surface area contributed by atoms with E-state index in [0.717, 1.165) is 5.56 Å². The van der Waals surface area contributed by atoms with Gasteiger partial charge in [0.25, 0.3) is 0 Å². The molecular weight excluding hydrogens is 422 g/mol. The molecule has 12 heteroatoms. The van der Waals surface area contributed by atoms with Crippen molar-refractivity contribution >= 4 is 27.8 Å². The van der Waals surface area contributed by atoms with E-state index in [2.05, 4.69) is 29.7 Å². The number of imidazole rings is 1. The summed E-state index contributed by atoms with van der Waals surface area (Å²) in [5.41, 5.74) is 7.04. The summed E-state index contributed by atoms with van der Waals surface area (Å²) >= 11 is 0. The average Bonchev–Trinajstić information content (AvgIpc) is 3.10. The molecule has 11 nitrogen and oxygen atoms in total. The molecule has 4 N–H and O–H groups in total. The van der Waals surface area contributed by atoms with Gasteiger partial charge in [-0.3, -0.25) is 4.40 Å². The fraction of sp³-hybridized carbons (Fsp3) is 0.368. The number of nitrogens with one attached hydrogen (secondary N) is 2. The van der Waals surface area contributed by atoms with Gasteiger partial charge in [0.05, 0.1) is 17.7 Å². The molecule has 31 heavy (non-hydrogen) atoms. The lowest BCUT2D eigenvalue weighted by atomic mass is 9.44. The number of benzene rings is 1. The largest absolute Gasteiger partial charge is 0.453 e. The van der Waals surface area contributed by atoms with Crippen molar-refractivity contribution in [3.05, 3.63) is 36.3 Å². The number of carbonyl (C=O) groups excluding carboxylic acids is 1. The van der Waals surface area contributed by atoms with Crippen LogP contribution in [0, 0.1) is 6.92 Å². The molecule has 2 bridgehead atoms. The molecule has 0 radical (unpaired) electrons. The smallest absolute Gasteiger partial charge is 0.407 e. The Balaban J connectivity index is 1.40. The first kappa shape index (κ1) is 19.7. The van der Waals surface area contributed by atoms with E-state index in [1.54, 1.807) is 28.8 Å². The Bertz CT molecular complexity index is 1310. The number of rotatable bonds is 5. The monoisotopic (exact) mass is 443 g/mol. The summed E-state index contributed by atoms with van der Waals surface area (Å²) in [7, 11) is -2.46. The number of nitrogen functional groups attached to an aromatic ring is 1. The zero-order valence-electron chi connectivity index (χ0n) is 16.9. The number of anilines is 1. The third-order valence-electron chi connectivity index (χ3n) is 6.03. The van der Waals surface area contributed by atoms with Crippen LogP contribution >= 0.6 is 0 Å². The Hall–Kier alpha value is -3.25. The maximum atomic E-state index is 13.1. The maximum Gasteiger partial charge on any atom is 0.407 e. The molecule has 1 aromatic carbocycles. The second-order valence-electron chi connectivity index (χ2n) is 8.32. The van der Waals surface area contributed by atoms with Crippen LogP contribution in [0.15, 0.2) is 35.6 Å². The van der Waals surface area contributed by atoms with Crippen molar-refractivity contribution in [1.82, 2.24) is 29.4 Å². The van der Waals surface area contributed by atoms with E-state index in [-0.39, 0.29) is 16.4 Å². The number of nitrogens with zero attached hydrogens (tertiary/aromatic N) is 4. The lowest BCUT2D eigenvalue weighted by Gasteiger charge is -2.69. The number of methoxy groups -OCH3 is 1. The van der Waals surface area contributed by atoms with E-state index < -0.39 is 21.7 Å². The van der Waals surface area contributed by atoms with Crippen molar-refractivity contribution in [2.75, 3.05) is 12.8 Å². The Morgan fingerprint density at radius 2 is 1.97 bits per heavy atom.